The van der Waals surface area contributed by atoms with Crippen molar-refractivity contribution in [2.75, 3.05) is 11.5 Å². The number of aromatic amines is 1. The molecule has 0 aliphatic heterocycles. The molecule has 0 saturated heterocycles. The lowest BCUT2D eigenvalue weighted by atomic mass is 10.3. The Morgan fingerprint density at radius 1 is 1.35 bits per heavy atom. The van der Waals surface area contributed by atoms with Crippen molar-refractivity contribution >= 4 is 28.8 Å². The molecule has 2 rings (SSSR count). The molecule has 2 aromatic rings. The molecular formula is C12H14N2O2S. The summed E-state index contributed by atoms with van der Waals surface area (Å²) in [5.74, 6) is 1.79. The van der Waals surface area contributed by atoms with Crippen molar-refractivity contribution in [3.8, 4) is 0 Å². The summed E-state index contributed by atoms with van der Waals surface area (Å²) in [5.41, 5.74) is 2.04. The highest BCUT2D eigenvalue weighted by atomic mass is 32.2. The number of nitrogens with zero attached hydrogens (tertiary/aromatic N) is 1. The highest BCUT2D eigenvalue weighted by Crippen LogP contribution is 2.12. The molecule has 5 heteroatoms. The zero-order chi connectivity index (χ0) is 12.1. The molecule has 0 fully saturated rings. The lowest BCUT2D eigenvalue weighted by Gasteiger charge is -1.97. The van der Waals surface area contributed by atoms with Gasteiger partial charge in [-0.15, -0.1) is 0 Å². The largest absolute Gasteiger partial charge is 0.481 e. The minimum atomic E-state index is -0.735. The summed E-state index contributed by atoms with van der Waals surface area (Å²) in [5, 5.41) is 8.49. The molecule has 1 heterocycles. The Hall–Kier alpha value is -1.49. The van der Waals surface area contributed by atoms with Crippen molar-refractivity contribution in [2.24, 2.45) is 0 Å². The normalized spacial score (nSPS) is 10.8. The fourth-order valence-corrected chi connectivity index (χ4v) is 2.42. The van der Waals surface area contributed by atoms with Crippen LogP contribution in [-0.4, -0.2) is 32.5 Å². The van der Waals surface area contributed by atoms with Gasteiger partial charge in [0.15, 0.2) is 0 Å². The summed E-state index contributed by atoms with van der Waals surface area (Å²) in [4.78, 5) is 18.0. The van der Waals surface area contributed by atoms with E-state index in [1.165, 1.54) is 0 Å². The van der Waals surface area contributed by atoms with Crippen molar-refractivity contribution in [3.63, 3.8) is 0 Å². The Bertz CT molecular complexity index is 477. The van der Waals surface area contributed by atoms with Crippen molar-refractivity contribution in [3.05, 3.63) is 30.1 Å². The molecule has 0 aliphatic carbocycles. The third-order valence-corrected chi connectivity index (χ3v) is 3.37. The van der Waals surface area contributed by atoms with Gasteiger partial charge < -0.3 is 10.1 Å². The van der Waals surface area contributed by atoms with E-state index in [4.69, 9.17) is 5.11 Å². The summed E-state index contributed by atoms with van der Waals surface area (Å²) >= 11 is 1.65. The van der Waals surface area contributed by atoms with Gasteiger partial charge in [0.2, 0.25) is 0 Å². The average molecular weight is 250 g/mol. The topological polar surface area (TPSA) is 66.0 Å². The molecule has 0 aliphatic rings. The zero-order valence-corrected chi connectivity index (χ0v) is 10.2. The van der Waals surface area contributed by atoms with Crippen LogP contribution in [0.4, 0.5) is 0 Å². The highest BCUT2D eigenvalue weighted by Gasteiger charge is 2.02. The molecule has 1 aromatic carbocycles. The molecule has 0 atom stereocenters. The minimum Gasteiger partial charge on any atom is -0.481 e. The van der Waals surface area contributed by atoms with E-state index in [1.807, 2.05) is 24.3 Å². The Kier molecular flexibility index (Phi) is 4.03. The van der Waals surface area contributed by atoms with E-state index in [0.717, 1.165) is 29.0 Å². The van der Waals surface area contributed by atoms with Gasteiger partial charge in [0.25, 0.3) is 0 Å². The number of carboxylic acid groups (broad SMARTS) is 1. The second-order valence-corrected chi connectivity index (χ2v) is 4.93. The maximum atomic E-state index is 10.3. The Balaban J connectivity index is 1.81. The van der Waals surface area contributed by atoms with Crippen LogP contribution < -0.4 is 0 Å². The van der Waals surface area contributed by atoms with E-state index in [2.05, 4.69) is 9.97 Å². The fourth-order valence-electron chi connectivity index (χ4n) is 1.55. The number of hydrogen-bond donors (Lipinski definition) is 2. The number of carbonyl (C=O) groups is 1. The smallest absolute Gasteiger partial charge is 0.304 e. The van der Waals surface area contributed by atoms with E-state index in [-0.39, 0.29) is 6.42 Å². The van der Waals surface area contributed by atoms with Crippen molar-refractivity contribution in [2.45, 2.75) is 12.8 Å². The molecular weight excluding hydrogens is 236 g/mol. The zero-order valence-electron chi connectivity index (χ0n) is 9.35. The molecule has 0 radical (unpaired) electrons. The number of nitrogens with one attached hydrogen (secondary N) is 1. The summed E-state index contributed by atoms with van der Waals surface area (Å²) in [6.07, 6.45) is 1.07. The Morgan fingerprint density at radius 2 is 2.18 bits per heavy atom. The minimum absolute atomic E-state index is 0.227. The Labute approximate surface area is 103 Å². The average Bonchev–Trinajstić information content (AvgIpc) is 2.70. The van der Waals surface area contributed by atoms with Crippen LogP contribution in [0, 0.1) is 0 Å². The quantitative estimate of drug-likeness (QED) is 0.772. The van der Waals surface area contributed by atoms with Crippen LogP contribution in [0.2, 0.25) is 0 Å². The first-order valence-electron chi connectivity index (χ1n) is 5.49. The molecule has 17 heavy (non-hydrogen) atoms. The molecule has 0 spiro atoms. The summed E-state index contributed by atoms with van der Waals surface area (Å²) in [6.45, 7) is 0. The van der Waals surface area contributed by atoms with E-state index in [1.54, 1.807) is 11.8 Å². The van der Waals surface area contributed by atoms with Gasteiger partial charge in [-0.3, -0.25) is 4.79 Å². The first kappa shape index (κ1) is 12.0. The number of aryl methyl sites for hydroxylation is 1. The van der Waals surface area contributed by atoms with Crippen LogP contribution in [0.3, 0.4) is 0 Å². The van der Waals surface area contributed by atoms with Crippen molar-refractivity contribution < 1.29 is 9.90 Å². The van der Waals surface area contributed by atoms with Gasteiger partial charge in [-0.2, -0.15) is 11.8 Å². The lowest BCUT2D eigenvalue weighted by Crippen LogP contribution is -1.98. The van der Waals surface area contributed by atoms with E-state index in [9.17, 15) is 4.79 Å². The van der Waals surface area contributed by atoms with Gasteiger partial charge in [-0.1, -0.05) is 12.1 Å². The molecule has 0 saturated carbocycles. The van der Waals surface area contributed by atoms with E-state index >= 15 is 0 Å². The third kappa shape index (κ3) is 3.49. The van der Waals surface area contributed by atoms with Crippen LogP contribution in [0.25, 0.3) is 11.0 Å². The van der Waals surface area contributed by atoms with Gasteiger partial charge in [0, 0.05) is 17.9 Å². The number of para-hydroxylation sites is 2. The molecule has 0 bridgehead atoms. The van der Waals surface area contributed by atoms with Gasteiger partial charge >= 0.3 is 5.97 Å². The van der Waals surface area contributed by atoms with E-state index < -0.39 is 5.97 Å². The summed E-state index contributed by atoms with van der Waals surface area (Å²) in [6, 6.07) is 7.93. The summed E-state index contributed by atoms with van der Waals surface area (Å²) < 4.78 is 0. The fraction of sp³-hybridized carbons (Fsp3) is 0.333. The monoisotopic (exact) mass is 250 g/mol. The molecule has 0 amide bonds. The molecule has 0 unspecified atom stereocenters. The molecule has 4 nitrogen and oxygen atoms in total. The SMILES string of the molecule is O=C(O)CCSCCc1nc2ccccc2[nH]1. The number of hydrogen-bond acceptors (Lipinski definition) is 3. The number of benzene rings is 1. The summed E-state index contributed by atoms with van der Waals surface area (Å²) in [7, 11) is 0. The lowest BCUT2D eigenvalue weighted by molar-refractivity contribution is -0.136. The van der Waals surface area contributed by atoms with Crippen LogP contribution in [0.1, 0.15) is 12.2 Å². The van der Waals surface area contributed by atoms with Gasteiger partial charge in [0.05, 0.1) is 17.5 Å². The first-order valence-corrected chi connectivity index (χ1v) is 6.64. The van der Waals surface area contributed by atoms with Crippen LogP contribution in [0.15, 0.2) is 24.3 Å². The number of thioether (sulfide) groups is 1. The van der Waals surface area contributed by atoms with Gasteiger partial charge in [0.1, 0.15) is 5.82 Å². The molecule has 2 N–H and O–H groups in total. The number of rotatable bonds is 6. The predicted molar refractivity (Wildman–Crippen MR) is 69.4 cm³/mol. The number of aliphatic carboxylic acids is 1. The Morgan fingerprint density at radius 3 is 2.94 bits per heavy atom. The first-order chi connectivity index (χ1) is 8.25. The van der Waals surface area contributed by atoms with Crippen molar-refractivity contribution in [1.29, 1.82) is 0 Å². The molecule has 90 valence electrons. The number of fused-ring (bicyclic) bond motifs is 1. The van der Waals surface area contributed by atoms with Crippen LogP contribution >= 0.6 is 11.8 Å². The maximum absolute atomic E-state index is 10.3. The number of H-pyrrole nitrogens is 1. The highest BCUT2D eigenvalue weighted by molar-refractivity contribution is 7.99. The maximum Gasteiger partial charge on any atom is 0.304 e. The van der Waals surface area contributed by atoms with Gasteiger partial charge in [-0.05, 0) is 12.1 Å². The van der Waals surface area contributed by atoms with Crippen LogP contribution in [-0.2, 0) is 11.2 Å². The second kappa shape index (κ2) is 5.72. The second-order valence-electron chi connectivity index (χ2n) is 3.71. The standard InChI is InChI=1S/C12H14N2O2S/c15-12(16)6-8-17-7-5-11-13-9-3-1-2-4-10(9)14-11/h1-4H,5-8H2,(H,13,14)(H,15,16). The number of carboxylic acids is 1. The number of aromatic nitrogens is 2. The number of imidazole rings is 1. The van der Waals surface area contributed by atoms with Gasteiger partial charge in [-0.25, -0.2) is 4.98 Å². The van der Waals surface area contributed by atoms with E-state index in [0.29, 0.717) is 5.75 Å². The van der Waals surface area contributed by atoms with Crippen LogP contribution in [0.5, 0.6) is 0 Å². The predicted octanol–water partition coefficient (Wildman–Crippen LogP) is 2.31. The third-order valence-electron chi connectivity index (χ3n) is 2.38. The molecule has 1 aromatic heterocycles. The van der Waals surface area contributed by atoms with Crippen molar-refractivity contribution in [1.82, 2.24) is 9.97 Å².